The van der Waals surface area contributed by atoms with E-state index in [-0.39, 0.29) is 25.1 Å². The Morgan fingerprint density at radius 1 is 1.17 bits per heavy atom. The van der Waals surface area contributed by atoms with Crippen LogP contribution < -0.4 is 0 Å². The molecule has 1 fully saturated rings. The Morgan fingerprint density at radius 3 is 2.17 bits per heavy atom. The van der Waals surface area contributed by atoms with Gasteiger partial charge in [0.05, 0.1) is 25.7 Å². The number of nitrogens with zero attached hydrogens (tertiary/aromatic N) is 1. The molecule has 0 spiro atoms. The van der Waals surface area contributed by atoms with Crippen molar-refractivity contribution in [3.05, 3.63) is 39.9 Å². The van der Waals surface area contributed by atoms with Crippen LogP contribution in [0.3, 0.4) is 0 Å². The van der Waals surface area contributed by atoms with Gasteiger partial charge in [-0.15, -0.1) is 0 Å². The topological polar surface area (TPSA) is 139 Å². The minimum atomic E-state index is -1.89. The Kier molecular flexibility index (Phi) is 7.25. The highest BCUT2D eigenvalue weighted by Crippen LogP contribution is 2.57. The van der Waals surface area contributed by atoms with Gasteiger partial charge in [0.2, 0.25) is 0 Å². The van der Waals surface area contributed by atoms with Crippen LogP contribution in [0.25, 0.3) is 0 Å². The van der Waals surface area contributed by atoms with Gasteiger partial charge in [-0.05, 0) is 24.8 Å². The van der Waals surface area contributed by atoms with E-state index in [9.17, 15) is 29.3 Å². The summed E-state index contributed by atoms with van der Waals surface area (Å²) in [6.07, 6.45) is 0.232. The molecule has 0 aromatic heterocycles. The third-order valence-electron chi connectivity index (χ3n) is 5.50. The first kappa shape index (κ1) is 23.0. The normalized spacial score (nSPS) is 22.0. The molecule has 0 amide bonds. The Hall–Kier alpha value is -3.30. The molecule has 0 unspecified atom stereocenters. The van der Waals surface area contributed by atoms with Crippen molar-refractivity contribution in [2.45, 2.75) is 25.7 Å². The van der Waals surface area contributed by atoms with Crippen LogP contribution in [0.5, 0.6) is 0 Å². The van der Waals surface area contributed by atoms with Crippen molar-refractivity contribution >= 4 is 29.9 Å². The maximum Gasteiger partial charge on any atom is 0.323 e. The van der Waals surface area contributed by atoms with Crippen LogP contribution in [0.4, 0.5) is 5.69 Å². The summed E-state index contributed by atoms with van der Waals surface area (Å²) in [6, 6.07) is 5.20. The fourth-order valence-corrected chi connectivity index (χ4v) is 4.29. The minimum absolute atomic E-state index is 0.141. The molecule has 1 aliphatic rings. The van der Waals surface area contributed by atoms with Gasteiger partial charge in [-0.2, -0.15) is 0 Å². The van der Waals surface area contributed by atoms with Gasteiger partial charge in [-0.1, -0.05) is 12.1 Å². The number of non-ortho nitro benzene ring substituents is 1. The number of carbonyl (C=O) groups is 4. The van der Waals surface area contributed by atoms with E-state index in [0.29, 0.717) is 11.8 Å². The first-order chi connectivity index (χ1) is 14.3. The number of hydrogen-bond donors (Lipinski definition) is 0. The maximum absolute atomic E-state index is 12.9. The SMILES string of the molecule is CCOC(=O)C[C@@H]1CC(C(=O)OC)(C(=O)OC)[C@H](c2ccc([N+](=O)[O-])cc2)[C@H]1C=O. The van der Waals surface area contributed by atoms with Gasteiger partial charge >= 0.3 is 17.9 Å². The third-order valence-corrected chi connectivity index (χ3v) is 5.50. The molecule has 1 saturated carbocycles. The first-order valence-electron chi connectivity index (χ1n) is 9.28. The first-order valence-corrected chi connectivity index (χ1v) is 9.28. The van der Waals surface area contributed by atoms with E-state index < -0.39 is 46.0 Å². The minimum Gasteiger partial charge on any atom is -0.468 e. The van der Waals surface area contributed by atoms with E-state index >= 15 is 0 Å². The molecule has 0 radical (unpaired) electrons. The highest BCUT2D eigenvalue weighted by molar-refractivity contribution is 6.02. The second-order valence-electron chi connectivity index (χ2n) is 6.97. The van der Waals surface area contributed by atoms with E-state index in [2.05, 4.69) is 0 Å². The third kappa shape index (κ3) is 4.03. The zero-order chi connectivity index (χ0) is 22.5. The zero-order valence-corrected chi connectivity index (χ0v) is 16.9. The van der Waals surface area contributed by atoms with Crippen molar-refractivity contribution in [1.29, 1.82) is 0 Å². The summed E-state index contributed by atoms with van der Waals surface area (Å²) in [5, 5.41) is 11.0. The van der Waals surface area contributed by atoms with Crippen molar-refractivity contribution in [3.8, 4) is 0 Å². The van der Waals surface area contributed by atoms with Crippen LogP contribution >= 0.6 is 0 Å². The molecule has 0 N–H and O–H groups in total. The fraction of sp³-hybridized carbons (Fsp3) is 0.500. The monoisotopic (exact) mass is 421 g/mol. The van der Waals surface area contributed by atoms with Crippen molar-refractivity contribution < 1.29 is 38.3 Å². The number of nitro benzene ring substituents is 1. The average Bonchev–Trinajstić information content (AvgIpc) is 3.07. The number of hydrogen-bond acceptors (Lipinski definition) is 9. The van der Waals surface area contributed by atoms with Gasteiger partial charge in [0, 0.05) is 30.4 Å². The summed E-state index contributed by atoms with van der Waals surface area (Å²) >= 11 is 0. The van der Waals surface area contributed by atoms with Crippen molar-refractivity contribution in [3.63, 3.8) is 0 Å². The number of carbonyl (C=O) groups excluding carboxylic acids is 4. The van der Waals surface area contributed by atoms with Crippen LogP contribution in [0.2, 0.25) is 0 Å². The number of methoxy groups -OCH3 is 2. The molecule has 0 bridgehead atoms. The summed E-state index contributed by atoms with van der Waals surface area (Å²) in [6.45, 7) is 1.78. The Morgan fingerprint density at radius 2 is 1.73 bits per heavy atom. The summed E-state index contributed by atoms with van der Waals surface area (Å²) in [5.74, 6) is -5.03. The lowest BCUT2D eigenvalue weighted by atomic mass is 9.71. The number of ether oxygens (including phenoxy) is 3. The Bertz CT molecular complexity index is 817. The van der Waals surface area contributed by atoms with Crippen LogP contribution in [0, 0.1) is 27.4 Å². The number of aldehydes is 1. The molecule has 1 aromatic rings. The van der Waals surface area contributed by atoms with Crippen molar-refractivity contribution in [1.82, 2.24) is 0 Å². The lowest BCUT2D eigenvalue weighted by Gasteiger charge is -2.31. The molecule has 3 atom stereocenters. The lowest BCUT2D eigenvalue weighted by Crippen LogP contribution is -2.44. The van der Waals surface area contributed by atoms with E-state index in [4.69, 9.17) is 14.2 Å². The molecule has 1 aliphatic carbocycles. The van der Waals surface area contributed by atoms with Gasteiger partial charge in [0.25, 0.3) is 5.69 Å². The fourth-order valence-electron chi connectivity index (χ4n) is 4.29. The standard InChI is InChI=1S/C20H23NO9/c1-4-30-16(23)9-13-10-20(18(24)28-2,19(25)29-3)17(15(13)11-22)12-5-7-14(8-6-12)21(26)27/h5-8,11,13,15,17H,4,9-10H2,1-3H3/t13-,15+,17-/m1/s1. The predicted molar refractivity (Wildman–Crippen MR) is 101 cm³/mol. The quantitative estimate of drug-likeness (QED) is 0.153. The summed E-state index contributed by atoms with van der Waals surface area (Å²) in [5.41, 5.74) is -1.73. The average molecular weight is 421 g/mol. The van der Waals surface area contributed by atoms with Crippen LogP contribution in [0.1, 0.15) is 31.2 Å². The molecule has 10 heteroatoms. The largest absolute Gasteiger partial charge is 0.468 e. The molecule has 162 valence electrons. The van der Waals surface area contributed by atoms with Crippen molar-refractivity contribution in [2.75, 3.05) is 20.8 Å². The number of esters is 3. The second-order valence-corrected chi connectivity index (χ2v) is 6.97. The molecule has 0 aliphatic heterocycles. The molecular formula is C20H23NO9. The Balaban J connectivity index is 2.63. The van der Waals surface area contributed by atoms with Gasteiger partial charge in [-0.3, -0.25) is 24.5 Å². The number of nitro groups is 1. The molecule has 1 aromatic carbocycles. The Labute approximate surface area is 172 Å². The van der Waals surface area contributed by atoms with E-state index in [1.165, 1.54) is 24.3 Å². The predicted octanol–water partition coefficient (Wildman–Crippen LogP) is 1.80. The smallest absolute Gasteiger partial charge is 0.323 e. The van der Waals surface area contributed by atoms with Crippen LogP contribution in [-0.2, 0) is 33.4 Å². The molecule has 30 heavy (non-hydrogen) atoms. The van der Waals surface area contributed by atoms with Crippen LogP contribution in [0.15, 0.2) is 24.3 Å². The van der Waals surface area contributed by atoms with E-state index in [1.807, 2.05) is 0 Å². The number of rotatable bonds is 8. The van der Waals surface area contributed by atoms with Gasteiger partial charge in [-0.25, -0.2) is 0 Å². The molecule has 10 nitrogen and oxygen atoms in total. The zero-order valence-electron chi connectivity index (χ0n) is 16.9. The highest BCUT2D eigenvalue weighted by Gasteiger charge is 2.64. The molecule has 2 rings (SSSR count). The van der Waals surface area contributed by atoms with Gasteiger partial charge in [0.15, 0.2) is 5.41 Å². The van der Waals surface area contributed by atoms with Gasteiger partial charge in [0.1, 0.15) is 6.29 Å². The number of benzene rings is 1. The van der Waals surface area contributed by atoms with Gasteiger partial charge < -0.3 is 19.0 Å². The van der Waals surface area contributed by atoms with Crippen LogP contribution in [-0.4, -0.2) is 49.9 Å². The van der Waals surface area contributed by atoms with E-state index in [0.717, 1.165) is 14.2 Å². The molecular weight excluding hydrogens is 398 g/mol. The summed E-state index contributed by atoms with van der Waals surface area (Å²) < 4.78 is 14.7. The molecule has 0 saturated heterocycles. The highest BCUT2D eigenvalue weighted by atomic mass is 16.6. The van der Waals surface area contributed by atoms with Crippen molar-refractivity contribution in [2.24, 2.45) is 17.3 Å². The summed E-state index contributed by atoms with van der Waals surface area (Å²) in [4.78, 5) is 60.2. The summed E-state index contributed by atoms with van der Waals surface area (Å²) in [7, 11) is 2.21. The maximum atomic E-state index is 12.9. The second kappa shape index (κ2) is 9.47. The lowest BCUT2D eigenvalue weighted by molar-refractivity contribution is -0.384. The van der Waals surface area contributed by atoms with E-state index in [1.54, 1.807) is 6.92 Å². The molecule has 0 heterocycles.